The van der Waals surface area contributed by atoms with Crippen molar-refractivity contribution in [2.24, 2.45) is 5.10 Å². The predicted molar refractivity (Wildman–Crippen MR) is 148 cm³/mol. The van der Waals surface area contributed by atoms with Crippen LogP contribution >= 0.6 is 67.8 Å². The zero-order valence-electron chi connectivity index (χ0n) is 16.4. The van der Waals surface area contributed by atoms with Crippen LogP contribution in [0.15, 0.2) is 65.8 Å². The fourth-order valence-corrected chi connectivity index (χ4v) is 5.25. The van der Waals surface area contributed by atoms with E-state index in [1.807, 2.05) is 36.4 Å². The first-order chi connectivity index (χ1) is 15.3. The number of nitro groups is 1. The molecular formula is C22H16I3N3O4. The lowest BCUT2D eigenvalue weighted by Gasteiger charge is -2.11. The zero-order valence-corrected chi connectivity index (χ0v) is 22.9. The Morgan fingerprint density at radius 2 is 1.72 bits per heavy atom. The van der Waals surface area contributed by atoms with E-state index in [1.165, 1.54) is 15.9 Å². The van der Waals surface area contributed by atoms with Crippen LogP contribution in [0.25, 0.3) is 0 Å². The van der Waals surface area contributed by atoms with Gasteiger partial charge in [-0.25, -0.2) is 5.43 Å². The van der Waals surface area contributed by atoms with Crippen molar-refractivity contribution >= 4 is 85.6 Å². The Morgan fingerprint density at radius 3 is 2.38 bits per heavy atom. The summed E-state index contributed by atoms with van der Waals surface area (Å²) in [7, 11) is 0. The molecule has 0 saturated carbocycles. The maximum Gasteiger partial charge on any atom is 0.273 e. The molecule has 3 rings (SSSR count). The molecule has 32 heavy (non-hydrogen) atoms. The van der Waals surface area contributed by atoms with Crippen molar-refractivity contribution in [2.45, 2.75) is 13.0 Å². The molecule has 0 unspecified atom stereocenters. The fourth-order valence-electron chi connectivity index (χ4n) is 2.76. The molecule has 0 spiro atoms. The molecule has 7 nitrogen and oxygen atoms in total. The van der Waals surface area contributed by atoms with E-state index in [9.17, 15) is 14.9 Å². The van der Waals surface area contributed by atoms with Crippen molar-refractivity contribution in [1.82, 2.24) is 5.43 Å². The largest absolute Gasteiger partial charge is 0.487 e. The van der Waals surface area contributed by atoms with Crippen LogP contribution < -0.4 is 10.2 Å². The summed E-state index contributed by atoms with van der Waals surface area (Å²) < 4.78 is 9.02. The van der Waals surface area contributed by atoms with Crippen LogP contribution in [0, 0.1) is 20.8 Å². The van der Waals surface area contributed by atoms with E-state index in [0.29, 0.717) is 12.2 Å². The lowest BCUT2D eigenvalue weighted by molar-refractivity contribution is -0.385. The number of nitrogens with one attached hydrogen (secondary N) is 1. The minimum Gasteiger partial charge on any atom is -0.487 e. The summed E-state index contributed by atoms with van der Waals surface area (Å²) in [6.07, 6.45) is 1.40. The second kappa shape index (κ2) is 11.9. The van der Waals surface area contributed by atoms with Gasteiger partial charge in [-0.2, -0.15) is 5.10 Å². The summed E-state index contributed by atoms with van der Waals surface area (Å²) in [5.41, 5.74) is 4.56. The maximum absolute atomic E-state index is 12.1. The topological polar surface area (TPSA) is 93.8 Å². The Hall–Kier alpha value is -1.81. The lowest BCUT2D eigenvalue weighted by atomic mass is 10.1. The summed E-state index contributed by atoms with van der Waals surface area (Å²) in [4.78, 5) is 22.7. The number of nitro benzene ring substituents is 1. The Morgan fingerprint density at radius 1 is 1.06 bits per heavy atom. The van der Waals surface area contributed by atoms with Crippen LogP contribution in [0.5, 0.6) is 5.75 Å². The van der Waals surface area contributed by atoms with Crippen molar-refractivity contribution < 1.29 is 14.5 Å². The van der Waals surface area contributed by atoms with Crippen molar-refractivity contribution in [3.8, 4) is 5.75 Å². The lowest BCUT2D eigenvalue weighted by Crippen LogP contribution is -2.20. The van der Waals surface area contributed by atoms with Gasteiger partial charge < -0.3 is 4.74 Å². The number of carbonyl (C=O) groups excluding carboxylic acids is 1. The van der Waals surface area contributed by atoms with Crippen LogP contribution in [0.2, 0.25) is 0 Å². The third-order valence-electron chi connectivity index (χ3n) is 4.26. The summed E-state index contributed by atoms with van der Waals surface area (Å²) in [6, 6.07) is 18.1. The highest BCUT2D eigenvalue weighted by atomic mass is 127. The Balaban J connectivity index is 1.60. The number of amides is 1. The number of hydrogen-bond donors (Lipinski definition) is 1. The van der Waals surface area contributed by atoms with Crippen molar-refractivity contribution in [2.75, 3.05) is 0 Å². The Bertz CT molecular complexity index is 1140. The maximum atomic E-state index is 12.1. The quantitative estimate of drug-likeness (QED) is 0.138. The number of hydrogen-bond acceptors (Lipinski definition) is 5. The van der Waals surface area contributed by atoms with E-state index in [-0.39, 0.29) is 12.1 Å². The molecule has 0 radical (unpaired) electrons. The van der Waals surface area contributed by atoms with Gasteiger partial charge in [0.25, 0.3) is 5.69 Å². The van der Waals surface area contributed by atoms with Crippen LogP contribution in [0.4, 0.5) is 5.69 Å². The number of hydrazone groups is 1. The number of nitrogens with zero attached hydrogens (tertiary/aromatic N) is 2. The van der Waals surface area contributed by atoms with Gasteiger partial charge in [0.15, 0.2) is 0 Å². The number of para-hydroxylation sites is 1. The molecule has 0 aliphatic heterocycles. The first-order valence-corrected chi connectivity index (χ1v) is 12.5. The highest BCUT2D eigenvalue weighted by Gasteiger charge is 2.15. The standard InChI is InChI=1S/C22H16I3N3O4/c23-17-7-5-14(6-8-17)13-32-22-18(24)9-15(10-19(22)25)12-26-27-21(29)11-16-3-1-2-4-20(16)28(30)31/h1-10,12H,11,13H2,(H,27,29)/b26-12+. The van der Waals surface area contributed by atoms with Crippen LogP contribution in [0.3, 0.4) is 0 Å². The zero-order chi connectivity index (χ0) is 23.1. The van der Waals surface area contributed by atoms with E-state index < -0.39 is 10.8 Å². The molecule has 0 atom stereocenters. The highest BCUT2D eigenvalue weighted by Crippen LogP contribution is 2.29. The van der Waals surface area contributed by atoms with Crippen LogP contribution in [-0.2, 0) is 17.8 Å². The van der Waals surface area contributed by atoms with E-state index in [1.54, 1.807) is 18.2 Å². The van der Waals surface area contributed by atoms with E-state index in [4.69, 9.17) is 4.74 Å². The average molecular weight is 767 g/mol. The third kappa shape index (κ3) is 7.10. The number of benzene rings is 3. The smallest absolute Gasteiger partial charge is 0.273 e. The van der Waals surface area contributed by atoms with E-state index in [0.717, 1.165) is 24.0 Å². The third-order valence-corrected chi connectivity index (χ3v) is 6.58. The number of halogens is 3. The average Bonchev–Trinajstić information content (AvgIpc) is 2.74. The molecule has 0 aliphatic rings. The molecule has 1 N–H and O–H groups in total. The molecule has 0 aliphatic carbocycles. The summed E-state index contributed by atoms with van der Waals surface area (Å²) in [5.74, 6) is 0.361. The number of carbonyl (C=O) groups is 1. The van der Waals surface area contributed by atoms with Gasteiger partial charge in [0.2, 0.25) is 5.91 Å². The van der Waals surface area contributed by atoms with Gasteiger partial charge >= 0.3 is 0 Å². The second-order valence-electron chi connectivity index (χ2n) is 6.58. The minimum absolute atomic E-state index is 0.0865. The molecule has 1 amide bonds. The van der Waals surface area contributed by atoms with Crippen molar-refractivity contribution in [3.05, 3.63) is 98.2 Å². The number of ether oxygens (including phenoxy) is 1. The summed E-state index contributed by atoms with van der Waals surface area (Å²) in [5, 5.41) is 15.0. The Labute approximate surface area is 225 Å². The van der Waals surface area contributed by atoms with Gasteiger partial charge in [0, 0.05) is 15.2 Å². The summed E-state index contributed by atoms with van der Waals surface area (Å²) in [6.45, 7) is 0.470. The van der Waals surface area contributed by atoms with Crippen molar-refractivity contribution in [3.63, 3.8) is 0 Å². The molecule has 164 valence electrons. The van der Waals surface area contributed by atoms with E-state index >= 15 is 0 Å². The molecule has 0 bridgehead atoms. The molecule has 3 aromatic carbocycles. The highest BCUT2D eigenvalue weighted by molar-refractivity contribution is 14.1. The predicted octanol–water partition coefficient (Wildman–Crippen LogP) is 5.68. The molecule has 0 aromatic heterocycles. The monoisotopic (exact) mass is 767 g/mol. The van der Waals surface area contributed by atoms with Gasteiger partial charge in [-0.1, -0.05) is 30.3 Å². The Kier molecular flexibility index (Phi) is 9.22. The first kappa shape index (κ1) is 24.8. The van der Waals surface area contributed by atoms with Gasteiger partial charge in [-0.3, -0.25) is 14.9 Å². The summed E-state index contributed by atoms with van der Waals surface area (Å²) >= 11 is 6.68. The van der Waals surface area contributed by atoms with E-state index in [2.05, 4.69) is 78.3 Å². The van der Waals surface area contributed by atoms with Crippen LogP contribution in [0.1, 0.15) is 16.7 Å². The SMILES string of the molecule is O=C(Cc1ccccc1[N+](=O)[O-])N/N=C/c1cc(I)c(OCc2ccc(I)cc2)c(I)c1. The normalized spacial score (nSPS) is 10.8. The molecule has 10 heteroatoms. The molecule has 3 aromatic rings. The van der Waals surface area contributed by atoms with Crippen molar-refractivity contribution in [1.29, 1.82) is 0 Å². The van der Waals surface area contributed by atoms with Gasteiger partial charge in [-0.15, -0.1) is 0 Å². The first-order valence-electron chi connectivity index (χ1n) is 9.24. The second-order valence-corrected chi connectivity index (χ2v) is 10.2. The molecule has 0 fully saturated rings. The molecule has 0 heterocycles. The number of rotatable bonds is 8. The van der Waals surface area contributed by atoms with Gasteiger partial charge in [-0.05, 0) is 103 Å². The van der Waals surface area contributed by atoms with Gasteiger partial charge in [0.1, 0.15) is 12.4 Å². The minimum atomic E-state index is -0.502. The molecule has 0 saturated heterocycles. The fraction of sp³-hybridized carbons (Fsp3) is 0.0909. The van der Waals surface area contributed by atoms with Crippen LogP contribution in [-0.4, -0.2) is 17.0 Å². The molecular weight excluding hydrogens is 751 g/mol. The van der Waals surface area contributed by atoms with Gasteiger partial charge in [0.05, 0.1) is 24.7 Å².